The number of piperazine rings is 1. The second-order valence-electron chi connectivity index (χ2n) is 8.91. The number of aromatic hydroxyl groups is 2. The van der Waals surface area contributed by atoms with Gasteiger partial charge < -0.3 is 30.6 Å². The summed E-state index contributed by atoms with van der Waals surface area (Å²) in [5.74, 6) is 0.568. The molecule has 1 unspecified atom stereocenters. The Balaban J connectivity index is 1.35. The maximum atomic E-state index is 12.1. The van der Waals surface area contributed by atoms with Gasteiger partial charge in [-0.2, -0.15) is 0 Å². The van der Waals surface area contributed by atoms with Gasteiger partial charge >= 0.3 is 0 Å². The van der Waals surface area contributed by atoms with Crippen LogP contribution >= 0.6 is 0 Å². The van der Waals surface area contributed by atoms with Crippen molar-refractivity contribution in [2.24, 2.45) is 0 Å². The first-order chi connectivity index (χ1) is 16.4. The van der Waals surface area contributed by atoms with E-state index >= 15 is 0 Å². The Hall–Kier alpha value is -3.10. The van der Waals surface area contributed by atoms with Gasteiger partial charge in [0.2, 0.25) is 11.8 Å². The van der Waals surface area contributed by atoms with Gasteiger partial charge in [0, 0.05) is 58.7 Å². The Kier molecular flexibility index (Phi) is 9.73. The number of phenols is 2. The molecule has 1 aliphatic rings. The van der Waals surface area contributed by atoms with Crippen molar-refractivity contribution in [3.8, 4) is 11.5 Å². The molecule has 1 heterocycles. The molecule has 2 amide bonds. The molecule has 1 atom stereocenters. The Morgan fingerprint density at radius 3 is 2.09 bits per heavy atom. The summed E-state index contributed by atoms with van der Waals surface area (Å²) in [5.41, 5.74) is 1.99. The van der Waals surface area contributed by atoms with Crippen LogP contribution in [0.3, 0.4) is 0 Å². The highest BCUT2D eigenvalue weighted by atomic mass is 16.3. The fourth-order valence-electron chi connectivity index (χ4n) is 4.20. The number of hydrogen-bond acceptors (Lipinski definition) is 6. The van der Waals surface area contributed by atoms with E-state index in [-0.39, 0.29) is 29.2 Å². The van der Waals surface area contributed by atoms with E-state index in [1.54, 1.807) is 36.4 Å². The van der Waals surface area contributed by atoms with Gasteiger partial charge in [-0.15, -0.1) is 0 Å². The van der Waals surface area contributed by atoms with E-state index in [1.165, 1.54) is 6.92 Å². The van der Waals surface area contributed by atoms with Gasteiger partial charge in [0.05, 0.1) is 6.42 Å². The summed E-state index contributed by atoms with van der Waals surface area (Å²) in [7, 11) is 0. The van der Waals surface area contributed by atoms with Gasteiger partial charge in [0.15, 0.2) is 0 Å². The third kappa shape index (κ3) is 8.68. The molecule has 1 aliphatic heterocycles. The largest absolute Gasteiger partial charge is 0.508 e. The minimum atomic E-state index is -0.0382. The Labute approximate surface area is 201 Å². The summed E-state index contributed by atoms with van der Waals surface area (Å²) in [5, 5.41) is 24.8. The van der Waals surface area contributed by atoms with Crippen molar-refractivity contribution in [3.63, 3.8) is 0 Å². The van der Waals surface area contributed by atoms with Crippen molar-refractivity contribution in [3.05, 3.63) is 59.7 Å². The predicted octanol–water partition coefficient (Wildman–Crippen LogP) is 1.68. The second kappa shape index (κ2) is 13.0. The fourth-order valence-corrected chi connectivity index (χ4v) is 4.20. The lowest BCUT2D eigenvalue weighted by molar-refractivity contribution is -0.120. The van der Waals surface area contributed by atoms with Crippen molar-refractivity contribution in [2.45, 2.75) is 25.7 Å². The first-order valence-corrected chi connectivity index (χ1v) is 11.9. The number of phenolic OH excluding ortho intramolecular Hbond substituents is 2. The zero-order valence-electron chi connectivity index (χ0n) is 19.9. The molecule has 0 saturated carbocycles. The zero-order valence-corrected chi connectivity index (χ0v) is 19.9. The van der Waals surface area contributed by atoms with Crippen LogP contribution in [0.25, 0.3) is 0 Å². The minimum Gasteiger partial charge on any atom is -0.508 e. The van der Waals surface area contributed by atoms with Crippen LogP contribution in [0.15, 0.2) is 48.5 Å². The third-order valence-corrected chi connectivity index (χ3v) is 6.18. The number of carbonyl (C=O) groups excluding carboxylic acids is 2. The third-order valence-electron chi connectivity index (χ3n) is 6.18. The number of hydrogen-bond donors (Lipinski definition) is 4. The second-order valence-corrected chi connectivity index (χ2v) is 8.91. The van der Waals surface area contributed by atoms with Crippen LogP contribution in [-0.2, 0) is 16.0 Å². The molecule has 0 aromatic heterocycles. The van der Waals surface area contributed by atoms with Crippen LogP contribution < -0.4 is 10.6 Å². The molecule has 1 fully saturated rings. The molecule has 0 bridgehead atoms. The molecule has 2 aromatic carbocycles. The van der Waals surface area contributed by atoms with Crippen molar-refractivity contribution < 1.29 is 19.8 Å². The fraction of sp³-hybridized carbons (Fsp3) is 0.462. The molecule has 0 spiro atoms. The van der Waals surface area contributed by atoms with Gasteiger partial charge in [-0.1, -0.05) is 24.3 Å². The molecule has 2 aromatic rings. The predicted molar refractivity (Wildman–Crippen MR) is 132 cm³/mol. The van der Waals surface area contributed by atoms with Gasteiger partial charge in [-0.25, -0.2) is 0 Å². The summed E-state index contributed by atoms with van der Waals surface area (Å²) in [6, 6.07) is 13.9. The van der Waals surface area contributed by atoms with E-state index in [2.05, 4.69) is 20.4 Å². The first kappa shape index (κ1) is 25.5. The van der Waals surface area contributed by atoms with Gasteiger partial charge in [0.25, 0.3) is 0 Å². The quantitative estimate of drug-likeness (QED) is 0.374. The Bertz CT molecular complexity index is 909. The van der Waals surface area contributed by atoms with Crippen LogP contribution in [0.5, 0.6) is 11.5 Å². The van der Waals surface area contributed by atoms with Crippen molar-refractivity contribution in [2.75, 3.05) is 52.4 Å². The Morgan fingerprint density at radius 2 is 1.47 bits per heavy atom. The standard InChI is InChI=1S/C26H36N4O4/c1-20(31)28-18-23(22-5-9-25(33)10-6-22)19-30-15-13-29(14-16-30)12-2-11-27-26(34)17-21-3-7-24(32)8-4-21/h3-10,23,32-33H,2,11-19H2,1H3,(H,27,34)(H,28,31). The monoisotopic (exact) mass is 468 g/mol. The van der Waals surface area contributed by atoms with E-state index in [4.69, 9.17) is 0 Å². The highest BCUT2D eigenvalue weighted by Gasteiger charge is 2.21. The van der Waals surface area contributed by atoms with Gasteiger partial charge in [-0.3, -0.25) is 9.59 Å². The smallest absolute Gasteiger partial charge is 0.224 e. The highest BCUT2D eigenvalue weighted by molar-refractivity contribution is 5.78. The van der Waals surface area contributed by atoms with E-state index in [0.717, 1.165) is 56.8 Å². The first-order valence-electron chi connectivity index (χ1n) is 11.9. The summed E-state index contributed by atoms with van der Waals surface area (Å²) in [6.07, 6.45) is 1.22. The molecule has 0 radical (unpaired) electrons. The number of benzene rings is 2. The number of nitrogens with zero attached hydrogens (tertiary/aromatic N) is 2. The summed E-state index contributed by atoms with van der Waals surface area (Å²) in [6.45, 7) is 8.42. The van der Waals surface area contributed by atoms with Crippen LogP contribution in [-0.4, -0.2) is 84.2 Å². The van der Waals surface area contributed by atoms with E-state index in [0.29, 0.717) is 19.5 Å². The van der Waals surface area contributed by atoms with E-state index < -0.39 is 0 Å². The van der Waals surface area contributed by atoms with E-state index in [9.17, 15) is 19.8 Å². The van der Waals surface area contributed by atoms with Crippen molar-refractivity contribution in [1.29, 1.82) is 0 Å². The van der Waals surface area contributed by atoms with Gasteiger partial charge in [0.1, 0.15) is 11.5 Å². The molecule has 4 N–H and O–H groups in total. The summed E-state index contributed by atoms with van der Waals surface area (Å²) < 4.78 is 0. The van der Waals surface area contributed by atoms with Gasteiger partial charge in [-0.05, 0) is 48.4 Å². The average molecular weight is 469 g/mol. The minimum absolute atomic E-state index is 0.00467. The molecular weight excluding hydrogens is 432 g/mol. The number of carbonyl (C=O) groups is 2. The lowest BCUT2D eigenvalue weighted by Crippen LogP contribution is -2.48. The zero-order chi connectivity index (χ0) is 24.3. The highest BCUT2D eigenvalue weighted by Crippen LogP contribution is 2.20. The molecule has 1 saturated heterocycles. The number of nitrogens with one attached hydrogen (secondary N) is 2. The summed E-state index contributed by atoms with van der Waals surface area (Å²) in [4.78, 5) is 28.4. The molecule has 3 rings (SSSR count). The lowest BCUT2D eigenvalue weighted by Gasteiger charge is -2.36. The molecule has 8 nitrogen and oxygen atoms in total. The molecule has 184 valence electrons. The average Bonchev–Trinajstić information content (AvgIpc) is 2.82. The maximum absolute atomic E-state index is 12.1. The van der Waals surface area contributed by atoms with Crippen LogP contribution in [0.4, 0.5) is 0 Å². The molecular formula is C26H36N4O4. The number of amides is 2. The molecule has 34 heavy (non-hydrogen) atoms. The topological polar surface area (TPSA) is 105 Å². The normalized spacial score (nSPS) is 15.6. The van der Waals surface area contributed by atoms with Crippen LogP contribution in [0.1, 0.15) is 30.4 Å². The maximum Gasteiger partial charge on any atom is 0.224 e. The number of rotatable bonds is 11. The van der Waals surface area contributed by atoms with Crippen LogP contribution in [0.2, 0.25) is 0 Å². The summed E-state index contributed by atoms with van der Waals surface area (Å²) >= 11 is 0. The lowest BCUT2D eigenvalue weighted by atomic mass is 9.97. The molecule has 0 aliphatic carbocycles. The molecule has 8 heteroatoms. The van der Waals surface area contributed by atoms with Crippen LogP contribution in [0, 0.1) is 0 Å². The Morgan fingerprint density at radius 1 is 0.882 bits per heavy atom. The van der Waals surface area contributed by atoms with E-state index in [1.807, 2.05) is 12.1 Å². The SMILES string of the molecule is CC(=O)NCC(CN1CCN(CCCNC(=O)Cc2ccc(O)cc2)CC1)c1ccc(O)cc1. The van der Waals surface area contributed by atoms with Crippen molar-refractivity contribution in [1.82, 2.24) is 20.4 Å². The van der Waals surface area contributed by atoms with Crippen molar-refractivity contribution >= 4 is 11.8 Å².